The third-order valence-corrected chi connectivity index (χ3v) is 4.88. The second kappa shape index (κ2) is 7.35. The molecule has 1 aromatic heterocycles. The molecule has 1 fully saturated rings. The van der Waals surface area contributed by atoms with E-state index in [1.54, 1.807) is 6.20 Å². The Balaban J connectivity index is 1.93. The molecule has 0 spiro atoms. The standard InChI is InChI=1S/C18H20ClN3O2/c1-11-4-15-17(13(6-20)7-22-18(15)16(19)5-11)21-8-14(9-23)12-2-3-24-10-12/h4-5,7,12,14,23H,2-3,8-10H2,1H3,(H,21,22)/t12-,14-/m0/s1. The van der Waals surface area contributed by atoms with Gasteiger partial charge in [0.05, 0.1) is 21.8 Å². The Hall–Kier alpha value is -1.87. The number of benzene rings is 1. The fraction of sp³-hybridized carbons (Fsp3) is 0.444. The summed E-state index contributed by atoms with van der Waals surface area (Å²) in [6, 6.07) is 6.02. The highest BCUT2D eigenvalue weighted by molar-refractivity contribution is 6.35. The van der Waals surface area contributed by atoms with Crippen LogP contribution in [0.1, 0.15) is 17.5 Å². The zero-order valence-electron chi connectivity index (χ0n) is 13.6. The van der Waals surface area contributed by atoms with Crippen LogP contribution in [0.15, 0.2) is 18.3 Å². The van der Waals surface area contributed by atoms with Crippen molar-refractivity contribution in [1.29, 1.82) is 5.26 Å². The Labute approximate surface area is 146 Å². The maximum Gasteiger partial charge on any atom is 0.103 e. The molecule has 1 aromatic carbocycles. The number of hydrogen-bond donors (Lipinski definition) is 2. The molecule has 0 bridgehead atoms. The van der Waals surface area contributed by atoms with Crippen LogP contribution in [-0.2, 0) is 4.74 Å². The molecule has 6 heteroatoms. The molecule has 0 aliphatic carbocycles. The van der Waals surface area contributed by atoms with Gasteiger partial charge in [-0.3, -0.25) is 4.98 Å². The van der Waals surface area contributed by atoms with Crippen LogP contribution in [-0.4, -0.2) is 36.5 Å². The Morgan fingerprint density at radius 1 is 1.54 bits per heavy atom. The van der Waals surface area contributed by atoms with E-state index in [4.69, 9.17) is 16.3 Å². The molecule has 3 rings (SSSR count). The molecule has 126 valence electrons. The molecule has 24 heavy (non-hydrogen) atoms. The van der Waals surface area contributed by atoms with Gasteiger partial charge in [0.15, 0.2) is 0 Å². The molecule has 0 saturated carbocycles. The quantitative estimate of drug-likeness (QED) is 0.870. The van der Waals surface area contributed by atoms with Crippen molar-refractivity contribution in [2.45, 2.75) is 13.3 Å². The van der Waals surface area contributed by atoms with Crippen LogP contribution in [0.5, 0.6) is 0 Å². The Morgan fingerprint density at radius 2 is 2.38 bits per heavy atom. The van der Waals surface area contributed by atoms with Crippen LogP contribution in [0, 0.1) is 30.1 Å². The predicted molar refractivity (Wildman–Crippen MR) is 94.2 cm³/mol. The van der Waals surface area contributed by atoms with E-state index < -0.39 is 0 Å². The minimum atomic E-state index is 0.0857. The highest BCUT2D eigenvalue weighted by Gasteiger charge is 2.25. The monoisotopic (exact) mass is 345 g/mol. The van der Waals surface area contributed by atoms with Crippen molar-refractivity contribution in [3.8, 4) is 6.07 Å². The van der Waals surface area contributed by atoms with E-state index in [0.717, 1.165) is 29.7 Å². The lowest BCUT2D eigenvalue weighted by Gasteiger charge is -2.22. The summed E-state index contributed by atoms with van der Waals surface area (Å²) in [5.74, 6) is 0.425. The summed E-state index contributed by atoms with van der Waals surface area (Å²) >= 11 is 6.29. The summed E-state index contributed by atoms with van der Waals surface area (Å²) in [6.07, 6.45) is 2.50. The van der Waals surface area contributed by atoms with Crippen molar-refractivity contribution in [3.05, 3.63) is 34.5 Å². The number of aryl methyl sites for hydroxylation is 1. The first-order valence-corrected chi connectivity index (χ1v) is 8.43. The highest BCUT2D eigenvalue weighted by Crippen LogP contribution is 2.32. The number of pyridine rings is 1. The number of rotatable bonds is 5. The number of aliphatic hydroxyl groups excluding tert-OH is 1. The molecular weight excluding hydrogens is 326 g/mol. The molecule has 0 amide bonds. The summed E-state index contributed by atoms with van der Waals surface area (Å²) in [6.45, 7) is 4.05. The Morgan fingerprint density at radius 3 is 3.04 bits per heavy atom. The van der Waals surface area contributed by atoms with E-state index >= 15 is 0 Å². The van der Waals surface area contributed by atoms with Crippen molar-refractivity contribution in [1.82, 2.24) is 4.98 Å². The molecule has 2 heterocycles. The minimum absolute atomic E-state index is 0.0857. The Kier molecular flexibility index (Phi) is 5.20. The fourth-order valence-electron chi connectivity index (χ4n) is 3.21. The highest BCUT2D eigenvalue weighted by atomic mass is 35.5. The number of halogens is 1. The SMILES string of the molecule is Cc1cc(Cl)c2ncc(C#N)c(NC[C@@H](CO)[C@H]3CCOC3)c2c1. The molecule has 2 N–H and O–H groups in total. The van der Waals surface area contributed by atoms with Gasteiger partial charge in [-0.15, -0.1) is 0 Å². The second-order valence-corrected chi connectivity index (χ2v) is 6.66. The van der Waals surface area contributed by atoms with Crippen molar-refractivity contribution in [2.24, 2.45) is 11.8 Å². The van der Waals surface area contributed by atoms with Crippen LogP contribution < -0.4 is 5.32 Å². The van der Waals surface area contributed by atoms with E-state index in [9.17, 15) is 10.4 Å². The molecular formula is C18H20ClN3O2. The first-order valence-electron chi connectivity index (χ1n) is 8.05. The van der Waals surface area contributed by atoms with Crippen molar-refractivity contribution >= 4 is 28.2 Å². The Bertz CT molecular complexity index is 782. The first-order chi connectivity index (χ1) is 11.6. The van der Waals surface area contributed by atoms with Gasteiger partial charge in [-0.2, -0.15) is 5.26 Å². The third kappa shape index (κ3) is 3.32. The molecule has 1 aliphatic heterocycles. The first kappa shape index (κ1) is 17.0. The molecule has 0 unspecified atom stereocenters. The van der Waals surface area contributed by atoms with Gasteiger partial charge in [-0.05, 0) is 37.0 Å². The number of aromatic nitrogens is 1. The van der Waals surface area contributed by atoms with E-state index in [2.05, 4.69) is 16.4 Å². The number of nitriles is 1. The summed E-state index contributed by atoms with van der Waals surface area (Å²) in [5, 5.41) is 23.9. The fourth-order valence-corrected chi connectivity index (χ4v) is 3.53. The molecule has 2 aromatic rings. The largest absolute Gasteiger partial charge is 0.396 e. The van der Waals surface area contributed by atoms with Crippen LogP contribution in [0.4, 0.5) is 5.69 Å². The molecule has 1 saturated heterocycles. The number of aliphatic hydroxyl groups is 1. The predicted octanol–water partition coefficient (Wildman–Crippen LogP) is 3.13. The van der Waals surface area contributed by atoms with Crippen LogP contribution in [0.2, 0.25) is 5.02 Å². The van der Waals surface area contributed by atoms with Crippen LogP contribution >= 0.6 is 11.6 Å². The molecule has 1 aliphatic rings. The van der Waals surface area contributed by atoms with Crippen molar-refractivity contribution in [2.75, 3.05) is 31.7 Å². The number of hydrogen-bond acceptors (Lipinski definition) is 5. The van der Waals surface area contributed by atoms with Crippen molar-refractivity contribution in [3.63, 3.8) is 0 Å². The lowest BCUT2D eigenvalue weighted by Crippen LogP contribution is -2.27. The van der Waals surface area contributed by atoms with E-state index in [1.165, 1.54) is 0 Å². The average molecular weight is 346 g/mol. The van der Waals surface area contributed by atoms with Gasteiger partial charge in [-0.25, -0.2) is 0 Å². The average Bonchev–Trinajstić information content (AvgIpc) is 3.09. The van der Waals surface area contributed by atoms with Crippen LogP contribution in [0.3, 0.4) is 0 Å². The molecule has 5 nitrogen and oxygen atoms in total. The van der Waals surface area contributed by atoms with Gasteiger partial charge < -0.3 is 15.2 Å². The maximum atomic E-state index is 9.70. The van der Waals surface area contributed by atoms with Gasteiger partial charge in [-0.1, -0.05) is 11.6 Å². The number of ether oxygens (including phenoxy) is 1. The van der Waals surface area contributed by atoms with Crippen molar-refractivity contribution < 1.29 is 9.84 Å². The smallest absolute Gasteiger partial charge is 0.103 e. The maximum absolute atomic E-state index is 9.70. The zero-order chi connectivity index (χ0) is 17.1. The molecule has 0 radical (unpaired) electrons. The third-order valence-electron chi connectivity index (χ3n) is 4.60. The van der Waals surface area contributed by atoms with E-state index in [-0.39, 0.29) is 12.5 Å². The van der Waals surface area contributed by atoms with E-state index in [0.29, 0.717) is 35.2 Å². The molecule has 2 atom stereocenters. The number of nitrogens with one attached hydrogen (secondary N) is 1. The van der Waals surface area contributed by atoms with Gasteiger partial charge >= 0.3 is 0 Å². The number of anilines is 1. The summed E-state index contributed by atoms with van der Waals surface area (Å²) in [5.41, 5.74) is 2.89. The topological polar surface area (TPSA) is 78.2 Å². The summed E-state index contributed by atoms with van der Waals surface area (Å²) < 4.78 is 5.42. The van der Waals surface area contributed by atoms with Gasteiger partial charge in [0.1, 0.15) is 6.07 Å². The van der Waals surface area contributed by atoms with Gasteiger partial charge in [0.2, 0.25) is 0 Å². The summed E-state index contributed by atoms with van der Waals surface area (Å²) in [7, 11) is 0. The minimum Gasteiger partial charge on any atom is -0.396 e. The lowest BCUT2D eigenvalue weighted by atomic mass is 9.92. The zero-order valence-corrected chi connectivity index (χ0v) is 14.3. The lowest BCUT2D eigenvalue weighted by molar-refractivity contribution is 0.145. The summed E-state index contributed by atoms with van der Waals surface area (Å²) in [4.78, 5) is 4.31. The van der Waals surface area contributed by atoms with E-state index in [1.807, 2.05) is 19.1 Å². The second-order valence-electron chi connectivity index (χ2n) is 6.25. The van der Waals surface area contributed by atoms with Gasteiger partial charge in [0, 0.05) is 43.9 Å². The number of fused-ring (bicyclic) bond motifs is 1. The normalized spacial score (nSPS) is 18.5. The number of nitrogens with zero attached hydrogens (tertiary/aromatic N) is 2. The van der Waals surface area contributed by atoms with Gasteiger partial charge in [0.25, 0.3) is 0 Å². The van der Waals surface area contributed by atoms with Crippen LogP contribution in [0.25, 0.3) is 10.9 Å².